The van der Waals surface area contributed by atoms with E-state index in [4.69, 9.17) is 11.6 Å². The Labute approximate surface area is 77.2 Å². The molecule has 0 aliphatic carbocycles. The van der Waals surface area contributed by atoms with Crippen molar-refractivity contribution < 1.29 is 0 Å². The molecule has 2 nitrogen and oxygen atoms in total. The Kier molecular flexibility index (Phi) is 2.28. The number of pyridine rings is 1. The molecule has 0 aromatic carbocycles. The van der Waals surface area contributed by atoms with Crippen LogP contribution in [-0.2, 0) is 6.54 Å². The molecule has 0 amide bonds. The highest BCUT2D eigenvalue weighted by molar-refractivity contribution is 6.29. The number of likely N-dealkylation sites (tertiary alicyclic amines) is 1. The van der Waals surface area contributed by atoms with Gasteiger partial charge in [-0.15, -0.1) is 0 Å². The molecule has 3 heteroatoms. The van der Waals surface area contributed by atoms with E-state index >= 15 is 0 Å². The van der Waals surface area contributed by atoms with Crippen molar-refractivity contribution >= 4 is 11.6 Å². The molecule has 0 atom stereocenters. The molecule has 1 aliphatic heterocycles. The Hall–Kier alpha value is -0.600. The van der Waals surface area contributed by atoms with Gasteiger partial charge in [-0.2, -0.15) is 0 Å². The molecule has 0 saturated carbocycles. The molecule has 1 aliphatic rings. The molecule has 12 heavy (non-hydrogen) atoms. The van der Waals surface area contributed by atoms with E-state index in [1.807, 2.05) is 12.1 Å². The van der Waals surface area contributed by atoms with Gasteiger partial charge in [-0.25, -0.2) is 4.98 Å². The van der Waals surface area contributed by atoms with Crippen LogP contribution in [0.5, 0.6) is 0 Å². The lowest BCUT2D eigenvalue weighted by molar-refractivity contribution is 0.172. The highest BCUT2D eigenvalue weighted by Crippen LogP contribution is 2.13. The Morgan fingerprint density at radius 2 is 2.33 bits per heavy atom. The lowest BCUT2D eigenvalue weighted by Crippen LogP contribution is -2.36. The molecule has 1 fully saturated rings. The Bertz CT molecular complexity index is 271. The van der Waals surface area contributed by atoms with E-state index in [1.54, 1.807) is 6.20 Å². The molecule has 64 valence electrons. The van der Waals surface area contributed by atoms with E-state index < -0.39 is 0 Å². The minimum Gasteiger partial charge on any atom is -0.299 e. The van der Waals surface area contributed by atoms with E-state index in [-0.39, 0.29) is 0 Å². The molecule has 0 radical (unpaired) electrons. The maximum Gasteiger partial charge on any atom is 0.129 e. The quantitative estimate of drug-likeness (QED) is 0.650. The fraction of sp³-hybridized carbons (Fsp3) is 0.444. The van der Waals surface area contributed by atoms with Crippen LogP contribution in [0.15, 0.2) is 18.3 Å². The van der Waals surface area contributed by atoms with Crippen molar-refractivity contribution in [2.75, 3.05) is 13.1 Å². The van der Waals surface area contributed by atoms with Gasteiger partial charge in [-0.3, -0.25) is 4.90 Å². The van der Waals surface area contributed by atoms with E-state index in [0.717, 1.165) is 6.54 Å². The van der Waals surface area contributed by atoms with Gasteiger partial charge in [0.2, 0.25) is 0 Å². The highest BCUT2D eigenvalue weighted by Gasteiger charge is 2.13. The average Bonchev–Trinajstić information content (AvgIpc) is 1.97. The predicted molar refractivity (Wildman–Crippen MR) is 49.1 cm³/mol. The van der Waals surface area contributed by atoms with Gasteiger partial charge < -0.3 is 0 Å². The van der Waals surface area contributed by atoms with Crippen LogP contribution >= 0.6 is 11.6 Å². The first-order valence-corrected chi connectivity index (χ1v) is 4.55. The summed E-state index contributed by atoms with van der Waals surface area (Å²) in [6, 6.07) is 3.95. The molecule has 2 heterocycles. The second-order valence-electron chi connectivity index (χ2n) is 3.12. The van der Waals surface area contributed by atoms with Crippen molar-refractivity contribution in [1.29, 1.82) is 0 Å². The van der Waals surface area contributed by atoms with Crippen LogP contribution in [0.2, 0.25) is 5.15 Å². The summed E-state index contributed by atoms with van der Waals surface area (Å²) in [6.45, 7) is 3.46. The molecule has 1 saturated heterocycles. The van der Waals surface area contributed by atoms with E-state index in [1.165, 1.54) is 25.1 Å². The topological polar surface area (TPSA) is 16.1 Å². The molecular weight excluding hydrogens is 172 g/mol. The van der Waals surface area contributed by atoms with Crippen LogP contribution in [0, 0.1) is 0 Å². The monoisotopic (exact) mass is 182 g/mol. The van der Waals surface area contributed by atoms with Crippen molar-refractivity contribution in [2.45, 2.75) is 13.0 Å². The zero-order chi connectivity index (χ0) is 8.39. The third kappa shape index (κ3) is 1.76. The maximum absolute atomic E-state index is 5.76. The second-order valence-corrected chi connectivity index (χ2v) is 3.50. The minimum absolute atomic E-state index is 0.591. The molecule has 1 aromatic rings. The number of hydrogen-bond donors (Lipinski definition) is 0. The van der Waals surface area contributed by atoms with Crippen LogP contribution in [-0.4, -0.2) is 23.0 Å². The smallest absolute Gasteiger partial charge is 0.129 e. The summed E-state index contributed by atoms with van der Waals surface area (Å²) in [6.07, 6.45) is 3.09. The zero-order valence-electron chi connectivity index (χ0n) is 6.83. The molecule has 0 bridgehead atoms. The number of halogens is 1. The minimum atomic E-state index is 0.591. The summed E-state index contributed by atoms with van der Waals surface area (Å²) in [5, 5.41) is 0.591. The molecule has 0 N–H and O–H groups in total. The third-order valence-electron chi connectivity index (χ3n) is 2.15. The van der Waals surface area contributed by atoms with Crippen LogP contribution < -0.4 is 0 Å². The fourth-order valence-electron chi connectivity index (χ4n) is 1.34. The van der Waals surface area contributed by atoms with Crippen LogP contribution in [0.1, 0.15) is 12.0 Å². The van der Waals surface area contributed by atoms with Crippen LogP contribution in [0.3, 0.4) is 0 Å². The van der Waals surface area contributed by atoms with E-state index in [2.05, 4.69) is 9.88 Å². The molecule has 0 unspecified atom stereocenters. The van der Waals surface area contributed by atoms with Gasteiger partial charge in [-0.1, -0.05) is 11.6 Å². The lowest BCUT2D eigenvalue weighted by Gasteiger charge is -2.30. The normalized spacial score (nSPS) is 17.4. The fourth-order valence-corrected chi connectivity index (χ4v) is 1.54. The second kappa shape index (κ2) is 3.42. The van der Waals surface area contributed by atoms with Gasteiger partial charge in [0, 0.05) is 12.7 Å². The van der Waals surface area contributed by atoms with Gasteiger partial charge in [0.1, 0.15) is 5.15 Å². The Morgan fingerprint density at radius 1 is 1.50 bits per heavy atom. The van der Waals surface area contributed by atoms with Crippen molar-refractivity contribution in [3.05, 3.63) is 29.0 Å². The first kappa shape index (κ1) is 8.02. The SMILES string of the molecule is Clc1cc(CN2CCC2)ccn1. The van der Waals surface area contributed by atoms with Gasteiger partial charge in [0.05, 0.1) is 0 Å². The molecule has 2 rings (SSSR count). The molecular formula is C9H11ClN2. The zero-order valence-corrected chi connectivity index (χ0v) is 7.59. The Balaban J connectivity index is 2.02. The first-order valence-electron chi connectivity index (χ1n) is 4.17. The predicted octanol–water partition coefficient (Wildman–Crippen LogP) is 1.94. The van der Waals surface area contributed by atoms with Crippen molar-refractivity contribution in [2.24, 2.45) is 0 Å². The summed E-state index contributed by atoms with van der Waals surface area (Å²) < 4.78 is 0. The third-order valence-corrected chi connectivity index (χ3v) is 2.35. The number of aromatic nitrogens is 1. The standard InChI is InChI=1S/C9H11ClN2/c10-9-6-8(2-3-11-9)7-12-4-1-5-12/h2-3,6H,1,4-5,7H2. The van der Waals surface area contributed by atoms with Crippen LogP contribution in [0.25, 0.3) is 0 Å². The summed E-state index contributed by atoms with van der Waals surface area (Å²) in [5.41, 5.74) is 1.26. The summed E-state index contributed by atoms with van der Waals surface area (Å²) in [4.78, 5) is 6.33. The van der Waals surface area contributed by atoms with Crippen molar-refractivity contribution in [3.8, 4) is 0 Å². The van der Waals surface area contributed by atoms with Crippen molar-refractivity contribution in [1.82, 2.24) is 9.88 Å². The van der Waals surface area contributed by atoms with Gasteiger partial charge in [0.15, 0.2) is 0 Å². The largest absolute Gasteiger partial charge is 0.299 e. The number of hydrogen-bond acceptors (Lipinski definition) is 2. The van der Waals surface area contributed by atoms with Gasteiger partial charge in [0.25, 0.3) is 0 Å². The van der Waals surface area contributed by atoms with E-state index in [9.17, 15) is 0 Å². The first-order chi connectivity index (χ1) is 5.84. The molecule has 1 aromatic heterocycles. The number of rotatable bonds is 2. The summed E-state index contributed by atoms with van der Waals surface area (Å²) in [5.74, 6) is 0. The summed E-state index contributed by atoms with van der Waals surface area (Å²) >= 11 is 5.76. The van der Waals surface area contributed by atoms with Crippen molar-refractivity contribution in [3.63, 3.8) is 0 Å². The Morgan fingerprint density at radius 3 is 2.92 bits per heavy atom. The average molecular weight is 183 g/mol. The number of nitrogens with zero attached hydrogens (tertiary/aromatic N) is 2. The highest BCUT2D eigenvalue weighted by atomic mass is 35.5. The molecule has 0 spiro atoms. The summed E-state index contributed by atoms with van der Waals surface area (Å²) in [7, 11) is 0. The lowest BCUT2D eigenvalue weighted by atomic mass is 10.2. The van der Waals surface area contributed by atoms with E-state index in [0.29, 0.717) is 5.15 Å². The maximum atomic E-state index is 5.76. The van der Waals surface area contributed by atoms with Gasteiger partial charge in [-0.05, 0) is 37.2 Å². The van der Waals surface area contributed by atoms with Crippen LogP contribution in [0.4, 0.5) is 0 Å². The van der Waals surface area contributed by atoms with Gasteiger partial charge >= 0.3 is 0 Å².